The molecule has 3 rings (SSSR count). The lowest BCUT2D eigenvalue weighted by molar-refractivity contribution is -0.193. The second-order valence-electron chi connectivity index (χ2n) is 6.99. The van der Waals surface area contributed by atoms with E-state index in [1.165, 1.54) is 5.56 Å². The van der Waals surface area contributed by atoms with Crippen LogP contribution in [0, 0.1) is 0 Å². The summed E-state index contributed by atoms with van der Waals surface area (Å²) in [5, 5.41) is 17.2. The van der Waals surface area contributed by atoms with Crippen LogP contribution in [0.3, 0.4) is 0 Å². The van der Waals surface area contributed by atoms with Crippen LogP contribution in [-0.2, 0) is 25.7 Å². The molecular weight excluding hydrogens is 468 g/mol. The lowest BCUT2D eigenvalue weighted by atomic mass is 9.90. The van der Waals surface area contributed by atoms with Crippen LogP contribution < -0.4 is 5.32 Å². The van der Waals surface area contributed by atoms with Crippen molar-refractivity contribution in [3.63, 3.8) is 0 Å². The Kier molecular flexibility index (Phi) is 10.0. The van der Waals surface area contributed by atoms with Gasteiger partial charge in [-0.3, -0.25) is 14.7 Å². The number of aliphatic carboxylic acids is 2. The summed E-state index contributed by atoms with van der Waals surface area (Å²) in [7, 11) is 0. The number of hydrogen-bond donors (Lipinski definition) is 3. The summed E-state index contributed by atoms with van der Waals surface area (Å²) in [4.78, 5) is 35.5. The number of amides is 1. The van der Waals surface area contributed by atoms with Gasteiger partial charge in [0.05, 0.1) is 5.60 Å². The summed E-state index contributed by atoms with van der Waals surface area (Å²) in [6.07, 6.45) is -4.49. The third-order valence-electron chi connectivity index (χ3n) is 4.50. The molecule has 2 aliphatic rings. The molecule has 0 atom stereocenters. The third kappa shape index (κ3) is 10.5. The number of carbonyl (C=O) groups is 3. The van der Waals surface area contributed by atoms with Crippen molar-refractivity contribution in [3.05, 3.63) is 30.1 Å². The van der Waals surface area contributed by atoms with Gasteiger partial charge in [-0.2, -0.15) is 26.3 Å². The Bertz CT molecular complexity index is 759. The molecule has 0 saturated carbocycles. The number of carbonyl (C=O) groups excluding carboxylic acids is 1. The molecule has 33 heavy (non-hydrogen) atoms. The molecule has 0 bridgehead atoms. The average Bonchev–Trinajstić information content (AvgIpc) is 2.72. The van der Waals surface area contributed by atoms with Gasteiger partial charge in [-0.15, -0.1) is 0 Å². The summed E-state index contributed by atoms with van der Waals surface area (Å²) in [6, 6.07) is 4.08. The maximum absolute atomic E-state index is 11.1. The SMILES string of the molecule is O=C(O)C(F)(F)F.O=C(O)C(F)(F)F.O=C1COC2(CCN(Cc3cccnc3)CC2)CN1. The van der Waals surface area contributed by atoms with Crippen LogP contribution in [0.25, 0.3) is 0 Å². The van der Waals surface area contributed by atoms with E-state index in [1.54, 1.807) is 6.20 Å². The number of halogens is 6. The van der Waals surface area contributed by atoms with Crippen molar-refractivity contribution in [1.82, 2.24) is 15.2 Å². The van der Waals surface area contributed by atoms with Gasteiger partial charge in [0.25, 0.3) is 0 Å². The number of alkyl halides is 6. The maximum Gasteiger partial charge on any atom is 0.490 e. The van der Waals surface area contributed by atoms with Crippen molar-refractivity contribution in [2.24, 2.45) is 0 Å². The number of aromatic nitrogens is 1. The maximum atomic E-state index is 11.1. The lowest BCUT2D eigenvalue weighted by Crippen LogP contribution is -2.57. The van der Waals surface area contributed by atoms with E-state index < -0.39 is 24.3 Å². The van der Waals surface area contributed by atoms with Crippen LogP contribution >= 0.6 is 0 Å². The van der Waals surface area contributed by atoms with Crippen LogP contribution in [0.4, 0.5) is 26.3 Å². The normalized spacial score (nSPS) is 18.2. The molecule has 0 aliphatic carbocycles. The summed E-state index contributed by atoms with van der Waals surface area (Å²) in [5.41, 5.74) is 1.12. The smallest absolute Gasteiger partial charge is 0.475 e. The fourth-order valence-corrected chi connectivity index (χ4v) is 2.77. The molecule has 0 unspecified atom stereocenters. The number of morpholine rings is 1. The van der Waals surface area contributed by atoms with Crippen LogP contribution in [0.2, 0.25) is 0 Å². The Hall–Kier alpha value is -2.94. The number of nitrogens with one attached hydrogen (secondary N) is 1. The molecule has 1 aromatic heterocycles. The highest BCUT2D eigenvalue weighted by Crippen LogP contribution is 2.28. The second kappa shape index (κ2) is 11.8. The van der Waals surface area contributed by atoms with Crippen molar-refractivity contribution >= 4 is 17.8 Å². The molecule has 1 aromatic rings. The van der Waals surface area contributed by atoms with E-state index in [2.05, 4.69) is 21.3 Å². The summed E-state index contributed by atoms with van der Waals surface area (Å²) in [6.45, 7) is 3.82. The van der Waals surface area contributed by atoms with E-state index in [9.17, 15) is 31.1 Å². The van der Waals surface area contributed by atoms with Gasteiger partial charge in [0.1, 0.15) is 6.61 Å². The Morgan fingerprint density at radius 2 is 1.61 bits per heavy atom. The van der Waals surface area contributed by atoms with Crippen LogP contribution in [0.15, 0.2) is 24.5 Å². The quantitative estimate of drug-likeness (QED) is 0.537. The molecule has 1 amide bonds. The van der Waals surface area contributed by atoms with Gasteiger partial charge in [0.15, 0.2) is 0 Å². The minimum absolute atomic E-state index is 0.00316. The van der Waals surface area contributed by atoms with Gasteiger partial charge >= 0.3 is 24.3 Å². The van der Waals surface area contributed by atoms with Crippen LogP contribution in [0.1, 0.15) is 18.4 Å². The summed E-state index contributed by atoms with van der Waals surface area (Å²) < 4.78 is 69.2. The first-order valence-electron chi connectivity index (χ1n) is 9.27. The molecule has 2 fully saturated rings. The van der Waals surface area contributed by atoms with E-state index in [0.717, 1.165) is 32.5 Å². The molecule has 186 valence electrons. The van der Waals surface area contributed by atoms with Crippen LogP contribution in [-0.4, -0.2) is 82.1 Å². The first-order valence-corrected chi connectivity index (χ1v) is 9.27. The molecule has 9 nitrogen and oxygen atoms in total. The molecule has 0 radical (unpaired) electrons. The van der Waals surface area contributed by atoms with Gasteiger partial charge in [0, 0.05) is 38.6 Å². The highest BCUT2D eigenvalue weighted by Gasteiger charge is 2.39. The number of pyridine rings is 1. The zero-order valence-electron chi connectivity index (χ0n) is 16.9. The van der Waals surface area contributed by atoms with Crippen molar-refractivity contribution in [2.45, 2.75) is 37.3 Å². The molecule has 3 heterocycles. The predicted molar refractivity (Wildman–Crippen MR) is 97.8 cm³/mol. The highest BCUT2D eigenvalue weighted by atomic mass is 19.4. The number of rotatable bonds is 2. The monoisotopic (exact) mass is 489 g/mol. The summed E-state index contributed by atoms with van der Waals surface area (Å²) in [5.74, 6) is -5.51. The number of nitrogens with zero attached hydrogens (tertiary/aromatic N) is 2. The zero-order chi connectivity index (χ0) is 25.3. The minimum atomic E-state index is -5.08. The first-order chi connectivity index (χ1) is 15.1. The van der Waals surface area contributed by atoms with Gasteiger partial charge < -0.3 is 20.3 Å². The van der Waals surface area contributed by atoms with E-state index in [0.29, 0.717) is 6.54 Å². The number of hydrogen-bond acceptors (Lipinski definition) is 6. The van der Waals surface area contributed by atoms with Crippen molar-refractivity contribution < 1.29 is 55.7 Å². The fraction of sp³-hybridized carbons (Fsp3) is 0.556. The zero-order valence-corrected chi connectivity index (χ0v) is 16.9. The molecular formula is C18H21F6N3O6. The molecule has 0 aromatic carbocycles. The number of likely N-dealkylation sites (tertiary alicyclic amines) is 1. The van der Waals surface area contributed by atoms with E-state index in [4.69, 9.17) is 24.5 Å². The van der Waals surface area contributed by atoms with Gasteiger partial charge in [-0.25, -0.2) is 9.59 Å². The number of carboxylic acids is 2. The Morgan fingerprint density at radius 1 is 1.09 bits per heavy atom. The van der Waals surface area contributed by atoms with E-state index >= 15 is 0 Å². The molecule has 2 saturated heterocycles. The summed E-state index contributed by atoms with van der Waals surface area (Å²) >= 11 is 0. The number of ether oxygens (including phenoxy) is 1. The second-order valence-corrected chi connectivity index (χ2v) is 6.99. The number of carboxylic acid groups (broad SMARTS) is 2. The van der Waals surface area contributed by atoms with Crippen molar-refractivity contribution in [3.8, 4) is 0 Å². The van der Waals surface area contributed by atoms with Crippen molar-refractivity contribution in [2.75, 3.05) is 26.2 Å². The predicted octanol–water partition coefficient (Wildman–Crippen LogP) is 1.83. The van der Waals surface area contributed by atoms with Gasteiger partial charge in [-0.05, 0) is 24.5 Å². The topological polar surface area (TPSA) is 129 Å². The van der Waals surface area contributed by atoms with Gasteiger partial charge in [-0.1, -0.05) is 6.07 Å². The minimum Gasteiger partial charge on any atom is -0.475 e. The lowest BCUT2D eigenvalue weighted by Gasteiger charge is -2.43. The third-order valence-corrected chi connectivity index (χ3v) is 4.50. The van der Waals surface area contributed by atoms with Gasteiger partial charge in [0.2, 0.25) is 5.91 Å². The fourth-order valence-electron chi connectivity index (χ4n) is 2.77. The molecule has 15 heteroatoms. The molecule has 3 N–H and O–H groups in total. The molecule has 2 aliphatic heterocycles. The standard InChI is InChI=1S/C14H19N3O2.2C2HF3O2/c18-13-10-19-14(11-16-13)3-6-17(7-4-14)9-12-2-1-5-15-8-12;2*3-2(4,5)1(6)7/h1-2,5,8H,3-4,6-7,9-11H2,(H,16,18);2*(H,6,7). The Labute approximate surface area is 183 Å². The van der Waals surface area contributed by atoms with Crippen molar-refractivity contribution in [1.29, 1.82) is 0 Å². The van der Waals surface area contributed by atoms with E-state index in [-0.39, 0.29) is 18.1 Å². The van der Waals surface area contributed by atoms with Crippen LogP contribution in [0.5, 0.6) is 0 Å². The molecule has 1 spiro atoms. The van der Waals surface area contributed by atoms with E-state index in [1.807, 2.05) is 12.3 Å². The highest BCUT2D eigenvalue weighted by molar-refractivity contribution is 5.78. The first kappa shape index (κ1) is 28.1. The largest absolute Gasteiger partial charge is 0.490 e. The Morgan fingerprint density at radius 3 is 1.97 bits per heavy atom. The Balaban J connectivity index is 0.000000324. The number of piperidine rings is 1. The average molecular weight is 489 g/mol.